The van der Waals surface area contributed by atoms with Crippen molar-refractivity contribution in [3.8, 4) is 0 Å². The molecule has 2 amide bonds. The average Bonchev–Trinajstić information content (AvgIpc) is 3.41. The van der Waals surface area contributed by atoms with Gasteiger partial charge in [0.15, 0.2) is 5.13 Å². The second-order valence-electron chi connectivity index (χ2n) is 7.51. The molecule has 8 heteroatoms. The molecule has 2 aromatic heterocycles. The van der Waals surface area contributed by atoms with E-state index in [0.29, 0.717) is 31.1 Å². The SMILES string of the molecule is O=C(Nc1nc(CN2CCCCC2)cs1)C1CCN(C(=O)c2cccs2)CC1. The van der Waals surface area contributed by atoms with Gasteiger partial charge >= 0.3 is 0 Å². The van der Waals surface area contributed by atoms with Crippen molar-refractivity contribution in [2.75, 3.05) is 31.5 Å². The number of thiazole rings is 1. The molecule has 2 aromatic rings. The third-order valence-electron chi connectivity index (χ3n) is 5.50. The molecule has 2 fully saturated rings. The van der Waals surface area contributed by atoms with Crippen LogP contribution in [0.25, 0.3) is 0 Å². The Balaban J connectivity index is 1.25. The summed E-state index contributed by atoms with van der Waals surface area (Å²) in [6, 6.07) is 3.75. The molecule has 28 heavy (non-hydrogen) atoms. The van der Waals surface area contributed by atoms with Crippen molar-refractivity contribution in [1.82, 2.24) is 14.8 Å². The summed E-state index contributed by atoms with van der Waals surface area (Å²) in [5, 5.41) is 7.64. The fourth-order valence-electron chi connectivity index (χ4n) is 3.89. The van der Waals surface area contributed by atoms with Gasteiger partial charge in [0, 0.05) is 30.9 Å². The molecule has 0 aliphatic carbocycles. The van der Waals surface area contributed by atoms with E-state index in [1.54, 1.807) is 0 Å². The summed E-state index contributed by atoms with van der Waals surface area (Å²) in [4.78, 5) is 34.7. The number of carbonyl (C=O) groups excluding carboxylic acids is 2. The minimum absolute atomic E-state index is 0.0297. The lowest BCUT2D eigenvalue weighted by Gasteiger charge is -2.30. The number of thiophene rings is 1. The molecule has 2 aliphatic heterocycles. The summed E-state index contributed by atoms with van der Waals surface area (Å²) in [7, 11) is 0. The molecular formula is C20H26N4O2S2. The second-order valence-corrected chi connectivity index (χ2v) is 9.32. The Kier molecular flexibility index (Phi) is 6.39. The van der Waals surface area contributed by atoms with E-state index >= 15 is 0 Å². The van der Waals surface area contributed by atoms with Gasteiger partial charge in [0.05, 0.1) is 10.6 Å². The quantitative estimate of drug-likeness (QED) is 0.804. The fourth-order valence-corrected chi connectivity index (χ4v) is 5.29. The topological polar surface area (TPSA) is 65.5 Å². The molecule has 4 rings (SSSR count). The van der Waals surface area contributed by atoms with Gasteiger partial charge in [0.25, 0.3) is 5.91 Å². The first kappa shape index (κ1) is 19.5. The summed E-state index contributed by atoms with van der Waals surface area (Å²) < 4.78 is 0. The van der Waals surface area contributed by atoms with E-state index in [0.717, 1.165) is 30.2 Å². The molecule has 0 aromatic carbocycles. The van der Waals surface area contributed by atoms with Crippen molar-refractivity contribution >= 4 is 39.6 Å². The number of anilines is 1. The van der Waals surface area contributed by atoms with Crippen LogP contribution in [0, 0.1) is 5.92 Å². The van der Waals surface area contributed by atoms with Gasteiger partial charge in [0.1, 0.15) is 0 Å². The highest BCUT2D eigenvalue weighted by atomic mass is 32.1. The minimum atomic E-state index is -0.0539. The average molecular weight is 419 g/mol. The Morgan fingerprint density at radius 1 is 1.11 bits per heavy atom. The molecule has 2 aliphatic rings. The van der Waals surface area contributed by atoms with E-state index in [1.165, 1.54) is 41.9 Å². The number of piperidine rings is 2. The first-order chi connectivity index (χ1) is 13.7. The molecule has 0 atom stereocenters. The Morgan fingerprint density at radius 2 is 1.89 bits per heavy atom. The van der Waals surface area contributed by atoms with Crippen LogP contribution >= 0.6 is 22.7 Å². The lowest BCUT2D eigenvalue weighted by Crippen LogP contribution is -2.41. The number of likely N-dealkylation sites (tertiary alicyclic amines) is 2. The summed E-state index contributed by atoms with van der Waals surface area (Å²) in [6.45, 7) is 4.42. The van der Waals surface area contributed by atoms with Gasteiger partial charge in [0.2, 0.25) is 5.91 Å². The van der Waals surface area contributed by atoms with Crippen molar-refractivity contribution < 1.29 is 9.59 Å². The molecule has 6 nitrogen and oxygen atoms in total. The van der Waals surface area contributed by atoms with Gasteiger partial charge in [-0.25, -0.2) is 4.98 Å². The first-order valence-electron chi connectivity index (χ1n) is 9.99. The van der Waals surface area contributed by atoms with Gasteiger partial charge in [-0.1, -0.05) is 12.5 Å². The van der Waals surface area contributed by atoms with E-state index in [9.17, 15) is 9.59 Å². The lowest BCUT2D eigenvalue weighted by atomic mass is 9.96. The van der Waals surface area contributed by atoms with Crippen LogP contribution < -0.4 is 5.32 Å². The van der Waals surface area contributed by atoms with Crippen molar-refractivity contribution in [3.63, 3.8) is 0 Å². The van der Waals surface area contributed by atoms with Crippen molar-refractivity contribution in [3.05, 3.63) is 33.5 Å². The van der Waals surface area contributed by atoms with E-state index in [1.807, 2.05) is 27.8 Å². The predicted octanol–water partition coefficient (Wildman–Crippen LogP) is 3.68. The van der Waals surface area contributed by atoms with Crippen molar-refractivity contribution in [2.45, 2.75) is 38.6 Å². The number of hydrogen-bond donors (Lipinski definition) is 1. The number of nitrogens with one attached hydrogen (secondary N) is 1. The van der Waals surface area contributed by atoms with E-state index < -0.39 is 0 Å². The number of nitrogens with zero attached hydrogens (tertiary/aromatic N) is 3. The predicted molar refractivity (Wildman–Crippen MR) is 113 cm³/mol. The van der Waals surface area contributed by atoms with Gasteiger partial charge < -0.3 is 10.2 Å². The van der Waals surface area contributed by atoms with Gasteiger partial charge in [-0.05, 0) is 50.2 Å². The third kappa shape index (κ3) is 4.79. The highest BCUT2D eigenvalue weighted by Crippen LogP contribution is 2.24. The summed E-state index contributed by atoms with van der Waals surface area (Å²) in [6.07, 6.45) is 5.26. The normalized spacial score (nSPS) is 18.9. The largest absolute Gasteiger partial charge is 0.338 e. The van der Waals surface area contributed by atoms with E-state index in [4.69, 9.17) is 0 Å². The van der Waals surface area contributed by atoms with Crippen LogP contribution in [0.4, 0.5) is 5.13 Å². The Hall–Kier alpha value is -1.77. The van der Waals surface area contributed by atoms with Crippen LogP contribution in [-0.2, 0) is 11.3 Å². The zero-order chi connectivity index (χ0) is 19.3. The zero-order valence-corrected chi connectivity index (χ0v) is 17.6. The molecule has 0 unspecified atom stereocenters. The van der Waals surface area contributed by atoms with Crippen LogP contribution in [0.5, 0.6) is 0 Å². The van der Waals surface area contributed by atoms with Crippen LogP contribution in [0.3, 0.4) is 0 Å². The number of aromatic nitrogens is 1. The molecule has 2 saturated heterocycles. The van der Waals surface area contributed by atoms with Crippen LogP contribution in [-0.4, -0.2) is 52.8 Å². The summed E-state index contributed by atoms with van der Waals surface area (Å²) in [5.74, 6) is 0.0556. The fraction of sp³-hybridized carbons (Fsp3) is 0.550. The molecule has 4 heterocycles. The minimum Gasteiger partial charge on any atom is -0.338 e. The smallest absolute Gasteiger partial charge is 0.263 e. The van der Waals surface area contributed by atoms with Gasteiger partial charge in [-0.3, -0.25) is 14.5 Å². The number of amides is 2. The molecule has 0 bridgehead atoms. The lowest BCUT2D eigenvalue weighted by molar-refractivity contribution is -0.121. The highest BCUT2D eigenvalue weighted by molar-refractivity contribution is 7.14. The maximum Gasteiger partial charge on any atom is 0.263 e. The standard InChI is InChI=1S/C20H26N4O2S2/c25-18(15-6-10-24(11-7-15)19(26)17-5-4-12-27-17)22-20-21-16(14-28-20)13-23-8-2-1-3-9-23/h4-5,12,14-15H,1-3,6-11,13H2,(H,21,22,25). The zero-order valence-electron chi connectivity index (χ0n) is 15.9. The van der Waals surface area contributed by atoms with Crippen LogP contribution in [0.1, 0.15) is 47.5 Å². The van der Waals surface area contributed by atoms with E-state index in [-0.39, 0.29) is 17.7 Å². The van der Waals surface area contributed by atoms with Crippen LogP contribution in [0.15, 0.2) is 22.9 Å². The first-order valence-corrected chi connectivity index (χ1v) is 11.8. The van der Waals surface area contributed by atoms with Crippen LogP contribution in [0.2, 0.25) is 0 Å². The molecule has 0 spiro atoms. The number of rotatable bonds is 5. The monoisotopic (exact) mass is 418 g/mol. The van der Waals surface area contributed by atoms with E-state index in [2.05, 4.69) is 15.2 Å². The summed E-state index contributed by atoms with van der Waals surface area (Å²) >= 11 is 2.97. The Labute approximate surface area is 173 Å². The summed E-state index contributed by atoms with van der Waals surface area (Å²) in [5.41, 5.74) is 1.04. The molecule has 0 radical (unpaired) electrons. The molecule has 0 saturated carbocycles. The third-order valence-corrected chi connectivity index (χ3v) is 7.17. The second kappa shape index (κ2) is 9.15. The van der Waals surface area contributed by atoms with Crippen molar-refractivity contribution in [1.29, 1.82) is 0 Å². The maximum atomic E-state index is 12.6. The Morgan fingerprint density at radius 3 is 2.61 bits per heavy atom. The van der Waals surface area contributed by atoms with Crippen molar-refractivity contribution in [2.24, 2.45) is 5.92 Å². The van der Waals surface area contributed by atoms with Gasteiger partial charge in [-0.15, -0.1) is 22.7 Å². The maximum absolute atomic E-state index is 12.6. The molecular weight excluding hydrogens is 392 g/mol. The van der Waals surface area contributed by atoms with Gasteiger partial charge in [-0.2, -0.15) is 0 Å². The highest BCUT2D eigenvalue weighted by Gasteiger charge is 2.28. The number of carbonyl (C=O) groups is 2. The Bertz CT molecular complexity index is 791. The molecule has 1 N–H and O–H groups in total. The molecule has 150 valence electrons. The number of hydrogen-bond acceptors (Lipinski definition) is 6.